The maximum absolute atomic E-state index is 2.62. The average molecular weight is 772 g/mol. The average Bonchev–Trinajstić information content (AvgIpc) is 4.09. The number of benzene rings is 7. The number of para-hydroxylation sites is 1. The second-order valence-corrected chi connectivity index (χ2v) is 18.2. The van der Waals surface area contributed by atoms with E-state index in [9.17, 15) is 0 Å². The van der Waals surface area contributed by atoms with Gasteiger partial charge in [-0.3, -0.25) is 0 Å². The van der Waals surface area contributed by atoms with Crippen LogP contribution in [-0.2, 0) is 0 Å². The number of thiophene rings is 4. The van der Waals surface area contributed by atoms with Crippen LogP contribution in [0.1, 0.15) is 0 Å². The van der Waals surface area contributed by atoms with E-state index in [0.717, 1.165) is 0 Å². The minimum atomic E-state index is 1.19. The van der Waals surface area contributed by atoms with Gasteiger partial charge in [0.2, 0.25) is 0 Å². The lowest BCUT2D eigenvalue weighted by Crippen LogP contribution is -1.93. The largest absolute Gasteiger partial charge is 0.306 e. The Hall–Kier alpha value is -5.82. The third kappa shape index (κ3) is 4.81. The summed E-state index contributed by atoms with van der Waals surface area (Å²) in [6, 6.07) is 64.5. The summed E-state index contributed by atoms with van der Waals surface area (Å²) in [4.78, 5) is 5.19. The summed E-state index contributed by atoms with van der Waals surface area (Å²) in [5, 5.41) is 8.03. The Morgan fingerprint density at radius 2 is 0.564 bits per heavy atom. The van der Waals surface area contributed by atoms with E-state index in [1.807, 2.05) is 45.3 Å². The molecule has 0 amide bonds. The van der Waals surface area contributed by atoms with Crippen molar-refractivity contribution in [1.82, 2.24) is 4.57 Å². The topological polar surface area (TPSA) is 4.93 Å². The minimum Gasteiger partial charge on any atom is -0.306 e. The molecule has 1 nitrogen and oxygen atoms in total. The molecule has 0 aliphatic heterocycles. The SMILES string of the molecule is c1ccc(-c2cc3c4cc(-c5ccccc5)sc4c4c(c3s2)c2c3sc(-c5ccccc5)cc3c3cc(-c5ccccc5)sc3c2n4-c2ccccc2)cc1. The van der Waals surface area contributed by atoms with Crippen LogP contribution in [-0.4, -0.2) is 4.57 Å². The van der Waals surface area contributed by atoms with Crippen molar-refractivity contribution in [3.8, 4) is 47.4 Å². The molecule has 0 bridgehead atoms. The van der Waals surface area contributed by atoms with E-state index in [1.54, 1.807) is 0 Å². The Bertz CT molecular complexity index is 3170. The van der Waals surface area contributed by atoms with E-state index in [2.05, 4.69) is 180 Å². The van der Waals surface area contributed by atoms with Gasteiger partial charge in [-0.05, 0) is 58.7 Å². The molecule has 0 unspecified atom stereocenters. The van der Waals surface area contributed by atoms with Gasteiger partial charge in [0.15, 0.2) is 0 Å². The molecular formula is C50H29NS4. The number of hydrogen-bond donors (Lipinski definition) is 0. The van der Waals surface area contributed by atoms with Gasteiger partial charge >= 0.3 is 0 Å². The highest BCUT2D eigenvalue weighted by atomic mass is 32.1. The first kappa shape index (κ1) is 31.5. The Balaban J connectivity index is 1.35. The maximum atomic E-state index is 2.62. The monoisotopic (exact) mass is 771 g/mol. The minimum absolute atomic E-state index is 1.19. The number of fused-ring (bicyclic) bond motifs is 13. The van der Waals surface area contributed by atoms with Gasteiger partial charge in [-0.2, -0.15) is 0 Å². The smallest absolute Gasteiger partial charge is 0.0735 e. The maximum Gasteiger partial charge on any atom is 0.0735 e. The molecule has 0 fully saturated rings. The van der Waals surface area contributed by atoms with Crippen LogP contribution in [0.25, 0.3) is 110 Å². The molecule has 0 spiro atoms. The van der Waals surface area contributed by atoms with E-state index in [0.29, 0.717) is 0 Å². The van der Waals surface area contributed by atoms with Crippen LogP contribution in [0.2, 0.25) is 0 Å². The Morgan fingerprint density at radius 3 is 0.891 bits per heavy atom. The second kappa shape index (κ2) is 12.4. The fraction of sp³-hybridized carbons (Fsp3) is 0. The van der Waals surface area contributed by atoms with E-state index < -0.39 is 0 Å². The highest BCUT2D eigenvalue weighted by Gasteiger charge is 2.28. The lowest BCUT2D eigenvalue weighted by atomic mass is 10.0. The third-order valence-electron chi connectivity index (χ3n) is 10.8. The van der Waals surface area contributed by atoms with Crippen molar-refractivity contribution in [3.63, 3.8) is 0 Å². The first-order valence-corrected chi connectivity index (χ1v) is 21.7. The van der Waals surface area contributed by atoms with Crippen LogP contribution in [0.5, 0.6) is 0 Å². The molecular weight excluding hydrogens is 743 g/mol. The summed E-state index contributed by atoms with van der Waals surface area (Å²) in [6.07, 6.45) is 0. The zero-order chi connectivity index (χ0) is 36.0. The lowest BCUT2D eigenvalue weighted by Gasteiger charge is -2.09. The quantitative estimate of drug-likeness (QED) is 0.164. The first-order valence-electron chi connectivity index (χ1n) is 18.4. The Morgan fingerprint density at radius 1 is 0.291 bits per heavy atom. The van der Waals surface area contributed by atoms with Crippen molar-refractivity contribution in [2.45, 2.75) is 0 Å². The van der Waals surface area contributed by atoms with Gasteiger partial charge in [-0.1, -0.05) is 140 Å². The van der Waals surface area contributed by atoms with Crippen molar-refractivity contribution >= 4 is 107 Å². The fourth-order valence-electron chi connectivity index (χ4n) is 8.35. The van der Waals surface area contributed by atoms with Crippen LogP contribution in [0, 0.1) is 0 Å². The molecule has 55 heavy (non-hydrogen) atoms. The molecule has 5 heteroatoms. The first-order chi connectivity index (χ1) is 27.3. The predicted octanol–water partition coefficient (Wildman–Crippen LogP) is 16.3. The van der Waals surface area contributed by atoms with Gasteiger partial charge in [-0.25, -0.2) is 0 Å². The van der Waals surface area contributed by atoms with E-state index >= 15 is 0 Å². The summed E-state index contributed by atoms with van der Waals surface area (Å²) >= 11 is 7.74. The highest BCUT2D eigenvalue weighted by molar-refractivity contribution is 7.27. The van der Waals surface area contributed by atoms with Crippen LogP contribution in [0.4, 0.5) is 0 Å². The van der Waals surface area contributed by atoms with Crippen molar-refractivity contribution < 1.29 is 0 Å². The van der Waals surface area contributed by atoms with Gasteiger partial charge in [-0.15, -0.1) is 45.3 Å². The van der Waals surface area contributed by atoms with Crippen molar-refractivity contribution in [3.05, 3.63) is 176 Å². The molecule has 0 saturated carbocycles. The van der Waals surface area contributed by atoms with Gasteiger partial charge in [0.05, 0.1) is 20.4 Å². The molecule has 5 aromatic heterocycles. The molecule has 0 N–H and O–H groups in total. The Kier molecular flexibility index (Phi) is 7.08. The third-order valence-corrected chi connectivity index (χ3v) is 15.6. The van der Waals surface area contributed by atoms with Crippen molar-refractivity contribution in [1.29, 1.82) is 0 Å². The molecule has 0 aliphatic carbocycles. The van der Waals surface area contributed by atoms with Crippen LogP contribution >= 0.6 is 45.3 Å². The van der Waals surface area contributed by atoms with Gasteiger partial charge < -0.3 is 4.57 Å². The number of aromatic nitrogens is 1. The summed E-state index contributed by atoms with van der Waals surface area (Å²) < 4.78 is 8.00. The highest BCUT2D eigenvalue weighted by Crippen LogP contribution is 2.56. The normalized spacial score (nSPS) is 12.0. The molecule has 0 aliphatic rings. The van der Waals surface area contributed by atoms with E-state index in [-0.39, 0.29) is 0 Å². The zero-order valence-corrected chi connectivity index (χ0v) is 32.6. The number of nitrogens with zero attached hydrogens (tertiary/aromatic N) is 1. The standard InChI is InChI=1S/C50H29NS4/c1-6-16-30(17-7-1)39-26-35-37-28-41(32-20-10-3-11-21-32)54-49(37)45-43(47(35)52-39)44-46(51(45)34-24-14-5-15-25-34)50-38(29-42(55-50)33-22-12-4-13-23-33)36-27-40(53-48(36)44)31-18-8-2-9-19-31/h1-29H. The molecule has 7 aromatic carbocycles. The summed E-state index contributed by atoms with van der Waals surface area (Å²) in [5.41, 5.74) is 8.82. The van der Waals surface area contributed by atoms with E-state index in [1.165, 1.54) is 110 Å². The molecule has 0 atom stereocenters. The molecule has 258 valence electrons. The molecule has 5 heterocycles. The van der Waals surface area contributed by atoms with Gasteiger partial charge in [0.25, 0.3) is 0 Å². The van der Waals surface area contributed by atoms with Gasteiger partial charge in [0, 0.05) is 66.9 Å². The Labute approximate surface area is 333 Å². The van der Waals surface area contributed by atoms with Gasteiger partial charge in [0.1, 0.15) is 0 Å². The molecule has 12 aromatic rings. The van der Waals surface area contributed by atoms with Crippen LogP contribution in [0.15, 0.2) is 176 Å². The predicted molar refractivity (Wildman–Crippen MR) is 244 cm³/mol. The second-order valence-electron chi connectivity index (χ2n) is 14.0. The number of rotatable bonds is 5. The van der Waals surface area contributed by atoms with Crippen molar-refractivity contribution in [2.24, 2.45) is 0 Å². The zero-order valence-electron chi connectivity index (χ0n) is 29.3. The fourth-order valence-corrected chi connectivity index (χ4v) is 13.2. The molecule has 12 rings (SSSR count). The summed E-state index contributed by atoms with van der Waals surface area (Å²) in [7, 11) is 0. The molecule has 0 radical (unpaired) electrons. The summed E-state index contributed by atoms with van der Waals surface area (Å²) in [5.74, 6) is 0. The summed E-state index contributed by atoms with van der Waals surface area (Å²) in [6.45, 7) is 0. The lowest BCUT2D eigenvalue weighted by molar-refractivity contribution is 1.20. The molecule has 0 saturated heterocycles. The van der Waals surface area contributed by atoms with Crippen LogP contribution < -0.4 is 0 Å². The van der Waals surface area contributed by atoms with Crippen LogP contribution in [0.3, 0.4) is 0 Å². The van der Waals surface area contributed by atoms with E-state index in [4.69, 9.17) is 0 Å². The van der Waals surface area contributed by atoms with Crippen molar-refractivity contribution in [2.75, 3.05) is 0 Å². The number of hydrogen-bond acceptors (Lipinski definition) is 4.